The second-order valence-corrected chi connectivity index (χ2v) is 4.93. The maximum absolute atomic E-state index is 11.2. The lowest BCUT2D eigenvalue weighted by Crippen LogP contribution is -2.00. The summed E-state index contributed by atoms with van der Waals surface area (Å²) in [6.45, 7) is 0. The quantitative estimate of drug-likeness (QED) is 0.800. The highest BCUT2D eigenvalue weighted by molar-refractivity contribution is 7.90. The molecule has 7 heteroatoms. The van der Waals surface area contributed by atoms with Gasteiger partial charge in [0.15, 0.2) is 14.9 Å². The summed E-state index contributed by atoms with van der Waals surface area (Å²) in [6.07, 6.45) is 2.78. The highest BCUT2D eigenvalue weighted by atomic mass is 35.5. The minimum absolute atomic E-state index is 0. The van der Waals surface area contributed by atoms with Crippen molar-refractivity contribution in [2.45, 2.75) is 5.03 Å². The molecular weight excluding hydrogens is 271 g/mol. The average molecular weight is 281 g/mol. The maximum Gasteiger partial charge on any atom is 0.192 e. The third-order valence-electron chi connectivity index (χ3n) is 1.81. The molecule has 0 saturated carbocycles. The fraction of sp³-hybridized carbons (Fsp3) is 0.111. The van der Waals surface area contributed by atoms with Crippen LogP contribution < -0.4 is 0 Å². The van der Waals surface area contributed by atoms with Gasteiger partial charge in [-0.15, -0.1) is 24.8 Å². The van der Waals surface area contributed by atoms with Crippen LogP contribution in [0.15, 0.2) is 35.5 Å². The van der Waals surface area contributed by atoms with Crippen LogP contribution in [0.25, 0.3) is 11.0 Å². The average Bonchev–Trinajstić information content (AvgIpc) is 2.16. The number of pyridine rings is 2. The zero-order chi connectivity index (χ0) is 10.2. The zero-order valence-electron chi connectivity index (χ0n) is 8.32. The van der Waals surface area contributed by atoms with E-state index in [1.165, 1.54) is 6.07 Å². The third kappa shape index (κ3) is 3.04. The number of hydrogen-bond acceptors (Lipinski definition) is 4. The molecule has 2 aromatic rings. The van der Waals surface area contributed by atoms with Crippen LogP contribution in [0.5, 0.6) is 0 Å². The Bertz CT molecular complexity index is 587. The van der Waals surface area contributed by atoms with Crippen molar-refractivity contribution in [3.8, 4) is 0 Å². The lowest BCUT2D eigenvalue weighted by molar-refractivity contribution is 0.599. The Morgan fingerprint density at radius 3 is 2.38 bits per heavy atom. The second kappa shape index (κ2) is 5.43. The molecule has 0 saturated heterocycles. The van der Waals surface area contributed by atoms with Crippen LogP contribution >= 0.6 is 24.8 Å². The molecule has 0 bridgehead atoms. The Kier molecular flexibility index (Phi) is 5.12. The standard InChI is InChI=1S/C9H8N2O2S.2ClH/c1-14(12,13)9-5-4-7-8(11-9)3-2-6-10-7;;/h2-6H,1H3;2*1H. The minimum Gasteiger partial charge on any atom is -0.255 e. The van der Waals surface area contributed by atoms with Gasteiger partial charge in [-0.05, 0) is 24.3 Å². The Labute approximate surface area is 106 Å². The predicted octanol–water partition coefficient (Wildman–Crippen LogP) is 1.88. The van der Waals surface area contributed by atoms with Crippen molar-refractivity contribution in [3.05, 3.63) is 30.5 Å². The van der Waals surface area contributed by atoms with Crippen molar-refractivity contribution in [3.63, 3.8) is 0 Å². The van der Waals surface area contributed by atoms with Crippen LogP contribution in [0, 0.1) is 0 Å². The first-order chi connectivity index (χ1) is 6.57. The zero-order valence-corrected chi connectivity index (χ0v) is 10.8. The van der Waals surface area contributed by atoms with Gasteiger partial charge >= 0.3 is 0 Å². The van der Waals surface area contributed by atoms with Gasteiger partial charge in [0.25, 0.3) is 0 Å². The van der Waals surface area contributed by atoms with Crippen LogP contribution in [0.2, 0.25) is 0 Å². The molecule has 0 aliphatic rings. The number of sulfone groups is 1. The Balaban J connectivity index is 0.00000112. The fourth-order valence-corrected chi connectivity index (χ4v) is 1.72. The molecule has 0 aromatic carbocycles. The molecule has 0 spiro atoms. The molecule has 0 N–H and O–H groups in total. The molecular formula is C9H10Cl2N2O2S. The summed E-state index contributed by atoms with van der Waals surface area (Å²) in [5.74, 6) is 0. The van der Waals surface area contributed by atoms with Gasteiger partial charge in [-0.2, -0.15) is 0 Å². The molecule has 2 aromatic heterocycles. The lowest BCUT2D eigenvalue weighted by Gasteiger charge is -1.99. The van der Waals surface area contributed by atoms with E-state index in [0.717, 1.165) is 6.26 Å². The van der Waals surface area contributed by atoms with Crippen molar-refractivity contribution in [2.24, 2.45) is 0 Å². The Morgan fingerprint density at radius 1 is 1.06 bits per heavy atom. The van der Waals surface area contributed by atoms with E-state index in [2.05, 4.69) is 9.97 Å². The highest BCUT2D eigenvalue weighted by Crippen LogP contribution is 2.12. The summed E-state index contributed by atoms with van der Waals surface area (Å²) < 4.78 is 22.4. The minimum atomic E-state index is -3.23. The van der Waals surface area contributed by atoms with Gasteiger partial charge in [0, 0.05) is 12.5 Å². The van der Waals surface area contributed by atoms with Crippen LogP contribution in [-0.4, -0.2) is 24.6 Å². The van der Waals surface area contributed by atoms with Gasteiger partial charge in [0.2, 0.25) is 0 Å². The third-order valence-corrected chi connectivity index (χ3v) is 2.80. The summed E-state index contributed by atoms with van der Waals surface area (Å²) >= 11 is 0. The number of hydrogen-bond donors (Lipinski definition) is 0. The van der Waals surface area contributed by atoms with E-state index in [-0.39, 0.29) is 29.8 Å². The molecule has 0 unspecified atom stereocenters. The van der Waals surface area contributed by atoms with E-state index in [4.69, 9.17) is 0 Å². The summed E-state index contributed by atoms with van der Waals surface area (Å²) in [4.78, 5) is 8.04. The molecule has 2 rings (SSSR count). The van der Waals surface area contributed by atoms with E-state index in [9.17, 15) is 8.42 Å². The first-order valence-electron chi connectivity index (χ1n) is 3.99. The van der Waals surface area contributed by atoms with Crippen LogP contribution in [-0.2, 0) is 9.84 Å². The number of rotatable bonds is 1. The van der Waals surface area contributed by atoms with E-state index < -0.39 is 9.84 Å². The molecule has 0 fully saturated rings. The van der Waals surface area contributed by atoms with Gasteiger partial charge in [-0.1, -0.05) is 0 Å². The summed E-state index contributed by atoms with van der Waals surface area (Å²) in [6, 6.07) is 6.57. The topological polar surface area (TPSA) is 59.9 Å². The number of nitrogens with zero attached hydrogens (tertiary/aromatic N) is 2. The number of halogens is 2. The van der Waals surface area contributed by atoms with Crippen molar-refractivity contribution >= 4 is 45.7 Å². The Hall–Kier alpha value is -0.910. The maximum atomic E-state index is 11.2. The molecule has 0 aliphatic carbocycles. The molecule has 2 heterocycles. The van der Waals surface area contributed by atoms with Gasteiger partial charge in [-0.25, -0.2) is 13.4 Å². The SMILES string of the molecule is CS(=O)(=O)c1ccc2ncccc2n1.Cl.Cl. The summed E-state index contributed by atoms with van der Waals surface area (Å²) in [5.41, 5.74) is 1.29. The van der Waals surface area contributed by atoms with Gasteiger partial charge in [0.1, 0.15) is 0 Å². The largest absolute Gasteiger partial charge is 0.255 e. The molecule has 0 amide bonds. The normalized spacial score (nSPS) is 10.3. The van der Waals surface area contributed by atoms with Crippen molar-refractivity contribution in [2.75, 3.05) is 6.26 Å². The van der Waals surface area contributed by atoms with E-state index in [0.29, 0.717) is 11.0 Å². The van der Waals surface area contributed by atoms with Crippen molar-refractivity contribution in [1.82, 2.24) is 9.97 Å². The van der Waals surface area contributed by atoms with E-state index in [1.807, 2.05) is 0 Å². The van der Waals surface area contributed by atoms with Crippen LogP contribution in [0.4, 0.5) is 0 Å². The number of aromatic nitrogens is 2. The smallest absolute Gasteiger partial charge is 0.192 e. The highest BCUT2D eigenvalue weighted by Gasteiger charge is 2.08. The fourth-order valence-electron chi connectivity index (χ4n) is 1.14. The molecule has 16 heavy (non-hydrogen) atoms. The van der Waals surface area contributed by atoms with E-state index >= 15 is 0 Å². The Morgan fingerprint density at radius 2 is 1.75 bits per heavy atom. The monoisotopic (exact) mass is 280 g/mol. The molecule has 88 valence electrons. The van der Waals surface area contributed by atoms with Gasteiger partial charge < -0.3 is 0 Å². The first kappa shape index (κ1) is 15.1. The summed E-state index contributed by atoms with van der Waals surface area (Å²) in [7, 11) is -3.23. The van der Waals surface area contributed by atoms with Crippen LogP contribution in [0.1, 0.15) is 0 Å². The number of fused-ring (bicyclic) bond motifs is 1. The van der Waals surface area contributed by atoms with E-state index in [1.54, 1.807) is 24.4 Å². The summed E-state index contributed by atoms with van der Waals surface area (Å²) in [5, 5.41) is 0.0815. The van der Waals surface area contributed by atoms with Gasteiger partial charge in [0.05, 0.1) is 11.0 Å². The molecule has 4 nitrogen and oxygen atoms in total. The van der Waals surface area contributed by atoms with Gasteiger partial charge in [-0.3, -0.25) is 4.98 Å². The van der Waals surface area contributed by atoms with Crippen LogP contribution in [0.3, 0.4) is 0 Å². The lowest BCUT2D eigenvalue weighted by atomic mass is 10.3. The molecule has 0 radical (unpaired) electrons. The second-order valence-electron chi connectivity index (χ2n) is 2.96. The van der Waals surface area contributed by atoms with Crippen molar-refractivity contribution in [1.29, 1.82) is 0 Å². The predicted molar refractivity (Wildman–Crippen MR) is 67.1 cm³/mol. The van der Waals surface area contributed by atoms with Crippen molar-refractivity contribution < 1.29 is 8.42 Å². The molecule has 0 atom stereocenters. The first-order valence-corrected chi connectivity index (χ1v) is 5.88. The molecule has 0 aliphatic heterocycles.